The molecule has 0 fully saturated rings. The van der Waals surface area contributed by atoms with Crippen molar-refractivity contribution in [3.8, 4) is 0 Å². The Balaban J connectivity index is 1.64. The molecule has 3 aromatic heterocycles. The smallest absolute Gasteiger partial charge is 0.261 e. The standard InChI is InChI=1S/C21H19N3O2S/c1-14-10-18(15(2)24(14)11-16-6-5-9-27-16)20(25)12-23-13-22-19-8-4-3-7-17(19)21(23)26/h3-10,13H,11-12H2,1-2H3. The largest absolute Gasteiger partial charge is 0.343 e. The number of carbonyl (C=O) groups is 1. The molecule has 0 amide bonds. The summed E-state index contributed by atoms with van der Waals surface area (Å²) >= 11 is 1.70. The topological polar surface area (TPSA) is 56.9 Å². The molecule has 0 saturated carbocycles. The molecule has 0 aliphatic rings. The van der Waals surface area contributed by atoms with E-state index >= 15 is 0 Å². The first-order valence-electron chi connectivity index (χ1n) is 8.71. The molecule has 4 aromatic rings. The molecule has 0 radical (unpaired) electrons. The lowest BCUT2D eigenvalue weighted by Crippen LogP contribution is -2.24. The lowest BCUT2D eigenvalue weighted by molar-refractivity contribution is 0.0970. The number of benzene rings is 1. The molecule has 1 aromatic carbocycles. The number of hydrogen-bond acceptors (Lipinski definition) is 4. The number of aryl methyl sites for hydroxylation is 1. The molecule has 5 nitrogen and oxygen atoms in total. The van der Waals surface area contributed by atoms with Gasteiger partial charge < -0.3 is 4.57 Å². The van der Waals surface area contributed by atoms with Crippen molar-refractivity contribution in [2.75, 3.05) is 0 Å². The lowest BCUT2D eigenvalue weighted by atomic mass is 10.1. The third-order valence-electron chi connectivity index (χ3n) is 4.81. The maximum atomic E-state index is 12.9. The zero-order chi connectivity index (χ0) is 19.0. The fourth-order valence-electron chi connectivity index (χ4n) is 3.34. The number of hydrogen-bond donors (Lipinski definition) is 0. The zero-order valence-corrected chi connectivity index (χ0v) is 16.0. The van der Waals surface area contributed by atoms with Gasteiger partial charge in [0.15, 0.2) is 5.78 Å². The predicted molar refractivity (Wildman–Crippen MR) is 108 cm³/mol. The first-order valence-corrected chi connectivity index (χ1v) is 9.59. The minimum Gasteiger partial charge on any atom is -0.343 e. The molecule has 0 atom stereocenters. The quantitative estimate of drug-likeness (QED) is 0.497. The van der Waals surface area contributed by atoms with Crippen molar-refractivity contribution in [2.24, 2.45) is 0 Å². The Bertz CT molecular complexity index is 1190. The van der Waals surface area contributed by atoms with Gasteiger partial charge in [-0.25, -0.2) is 4.98 Å². The molecule has 6 heteroatoms. The minimum atomic E-state index is -0.193. The van der Waals surface area contributed by atoms with Crippen LogP contribution in [0.15, 0.2) is 59.0 Å². The second-order valence-corrected chi connectivity index (χ2v) is 7.60. The summed E-state index contributed by atoms with van der Waals surface area (Å²) in [6.45, 7) is 4.69. The van der Waals surface area contributed by atoms with Crippen LogP contribution in [0.5, 0.6) is 0 Å². The third-order valence-corrected chi connectivity index (χ3v) is 5.67. The van der Waals surface area contributed by atoms with Crippen LogP contribution in [-0.2, 0) is 13.1 Å². The van der Waals surface area contributed by atoms with Gasteiger partial charge in [0, 0.05) is 21.8 Å². The normalized spacial score (nSPS) is 11.2. The molecule has 0 aliphatic carbocycles. The Hall–Kier alpha value is -2.99. The van der Waals surface area contributed by atoms with Crippen molar-refractivity contribution in [2.45, 2.75) is 26.9 Å². The van der Waals surface area contributed by atoms with Gasteiger partial charge in [0.25, 0.3) is 5.56 Å². The van der Waals surface area contributed by atoms with Gasteiger partial charge in [-0.1, -0.05) is 18.2 Å². The number of carbonyl (C=O) groups excluding carboxylic acids is 1. The molecule has 0 unspecified atom stereocenters. The van der Waals surface area contributed by atoms with Crippen molar-refractivity contribution < 1.29 is 4.79 Å². The van der Waals surface area contributed by atoms with Gasteiger partial charge in [-0.3, -0.25) is 14.2 Å². The Morgan fingerprint density at radius 3 is 2.74 bits per heavy atom. The molecule has 0 N–H and O–H groups in total. The van der Waals surface area contributed by atoms with Crippen LogP contribution in [-0.4, -0.2) is 19.9 Å². The van der Waals surface area contributed by atoms with Crippen LogP contribution in [0.4, 0.5) is 0 Å². The van der Waals surface area contributed by atoms with Gasteiger partial charge in [-0.2, -0.15) is 0 Å². The molecular formula is C21H19N3O2S. The summed E-state index contributed by atoms with van der Waals surface area (Å²) in [4.78, 5) is 31.1. The summed E-state index contributed by atoms with van der Waals surface area (Å²) in [6.07, 6.45) is 1.45. The van der Waals surface area contributed by atoms with Gasteiger partial charge in [0.05, 0.1) is 30.3 Å². The maximum Gasteiger partial charge on any atom is 0.261 e. The first-order chi connectivity index (χ1) is 13.0. The zero-order valence-electron chi connectivity index (χ0n) is 15.2. The molecule has 0 bridgehead atoms. The van der Waals surface area contributed by atoms with Crippen LogP contribution >= 0.6 is 11.3 Å². The maximum absolute atomic E-state index is 12.9. The van der Waals surface area contributed by atoms with E-state index in [0.717, 1.165) is 17.9 Å². The minimum absolute atomic E-state index is 0.0139. The van der Waals surface area contributed by atoms with E-state index in [2.05, 4.69) is 21.0 Å². The molecular weight excluding hydrogens is 358 g/mol. The fourth-order valence-corrected chi connectivity index (χ4v) is 4.04. The molecule has 0 spiro atoms. The van der Waals surface area contributed by atoms with Crippen molar-refractivity contribution in [3.63, 3.8) is 0 Å². The van der Waals surface area contributed by atoms with Crippen LogP contribution in [0.25, 0.3) is 10.9 Å². The van der Waals surface area contributed by atoms with Gasteiger partial charge >= 0.3 is 0 Å². The molecule has 136 valence electrons. The summed E-state index contributed by atoms with van der Waals surface area (Å²) < 4.78 is 3.52. The van der Waals surface area contributed by atoms with E-state index in [0.29, 0.717) is 16.5 Å². The lowest BCUT2D eigenvalue weighted by Gasteiger charge is -2.09. The SMILES string of the molecule is Cc1cc(C(=O)Cn2cnc3ccccc3c2=O)c(C)n1Cc1cccs1. The Kier molecular flexibility index (Phi) is 4.49. The summed E-state index contributed by atoms with van der Waals surface area (Å²) in [6, 6.07) is 13.2. The highest BCUT2D eigenvalue weighted by Crippen LogP contribution is 2.20. The van der Waals surface area contributed by atoms with Crippen molar-refractivity contribution >= 4 is 28.0 Å². The molecule has 0 saturated heterocycles. The predicted octanol–water partition coefficient (Wildman–Crippen LogP) is 3.81. The summed E-state index contributed by atoms with van der Waals surface area (Å²) in [5.41, 5.74) is 3.06. The molecule has 0 aliphatic heterocycles. The number of nitrogens with zero attached hydrogens (tertiary/aromatic N) is 3. The van der Waals surface area contributed by atoms with Crippen molar-refractivity contribution in [1.29, 1.82) is 0 Å². The number of para-hydroxylation sites is 1. The highest BCUT2D eigenvalue weighted by atomic mass is 32.1. The highest BCUT2D eigenvalue weighted by molar-refractivity contribution is 7.09. The Morgan fingerprint density at radius 1 is 1.15 bits per heavy atom. The van der Waals surface area contributed by atoms with E-state index in [9.17, 15) is 9.59 Å². The number of fused-ring (bicyclic) bond motifs is 1. The van der Waals surface area contributed by atoms with Gasteiger partial charge in [-0.15, -0.1) is 11.3 Å². The summed E-state index contributed by atoms with van der Waals surface area (Å²) in [5, 5.41) is 2.57. The highest BCUT2D eigenvalue weighted by Gasteiger charge is 2.17. The van der Waals surface area contributed by atoms with Crippen molar-refractivity contribution in [1.82, 2.24) is 14.1 Å². The van der Waals surface area contributed by atoms with E-state index in [-0.39, 0.29) is 17.9 Å². The van der Waals surface area contributed by atoms with E-state index < -0.39 is 0 Å². The van der Waals surface area contributed by atoms with Crippen molar-refractivity contribution in [3.05, 3.63) is 86.4 Å². The Labute approximate surface area is 160 Å². The number of ketones is 1. The fraction of sp³-hybridized carbons (Fsp3) is 0.190. The number of aromatic nitrogens is 3. The number of Topliss-reactive ketones (excluding diaryl/α,β-unsaturated/α-hetero) is 1. The van der Waals surface area contributed by atoms with Gasteiger partial charge in [0.1, 0.15) is 0 Å². The number of thiophene rings is 1. The van der Waals surface area contributed by atoms with Crippen LogP contribution in [0.2, 0.25) is 0 Å². The van der Waals surface area contributed by atoms with Gasteiger partial charge in [0.2, 0.25) is 0 Å². The molecule has 4 rings (SSSR count). The Morgan fingerprint density at radius 2 is 1.96 bits per heavy atom. The third kappa shape index (κ3) is 3.24. The first kappa shape index (κ1) is 17.4. The molecule has 27 heavy (non-hydrogen) atoms. The van der Waals surface area contributed by atoms with E-state index in [1.54, 1.807) is 29.5 Å². The monoisotopic (exact) mass is 377 g/mol. The van der Waals surface area contributed by atoms with Crippen LogP contribution in [0.1, 0.15) is 26.6 Å². The van der Waals surface area contributed by atoms with Crippen LogP contribution in [0, 0.1) is 13.8 Å². The summed E-state index contributed by atoms with van der Waals surface area (Å²) in [7, 11) is 0. The van der Waals surface area contributed by atoms with E-state index in [4.69, 9.17) is 0 Å². The average Bonchev–Trinajstić information content (AvgIpc) is 3.28. The number of rotatable bonds is 5. The van der Waals surface area contributed by atoms with Crippen LogP contribution < -0.4 is 5.56 Å². The second kappa shape index (κ2) is 6.96. The van der Waals surface area contributed by atoms with E-state index in [1.807, 2.05) is 32.0 Å². The van der Waals surface area contributed by atoms with Gasteiger partial charge in [-0.05, 0) is 43.5 Å². The molecule has 3 heterocycles. The summed E-state index contributed by atoms with van der Waals surface area (Å²) in [5.74, 6) is -0.0836. The average molecular weight is 377 g/mol. The van der Waals surface area contributed by atoms with E-state index in [1.165, 1.54) is 15.8 Å². The second-order valence-electron chi connectivity index (χ2n) is 6.57. The van der Waals surface area contributed by atoms with Crippen LogP contribution in [0.3, 0.4) is 0 Å².